The molecule has 3 aliphatic rings. The number of carbonyl (C=O) groups is 1. The Morgan fingerprint density at radius 2 is 2.20 bits per heavy atom. The Labute approximate surface area is 123 Å². The summed E-state index contributed by atoms with van der Waals surface area (Å²) in [6.45, 7) is 1.82. The summed E-state index contributed by atoms with van der Waals surface area (Å²) in [4.78, 5) is 14.7. The Bertz CT molecular complexity index is 623. The van der Waals surface area contributed by atoms with Crippen LogP contribution in [-0.2, 0) is 11.2 Å². The molecule has 0 saturated heterocycles. The summed E-state index contributed by atoms with van der Waals surface area (Å²) in [5.74, 6) is 0.231. The Morgan fingerprint density at radius 3 is 3.10 bits per heavy atom. The molecule has 3 aliphatic heterocycles. The molecule has 3 heterocycles. The number of nitrogens with one attached hydrogen (secondary N) is 1. The summed E-state index contributed by atoms with van der Waals surface area (Å²) in [6.07, 6.45) is 3.83. The van der Waals surface area contributed by atoms with Crippen molar-refractivity contribution < 1.29 is 4.79 Å². The SMILES string of the molecule is O=C1C2=C(CC3c4cc(Cl)ccc4CCN13)NCCC2. The lowest BCUT2D eigenvalue weighted by molar-refractivity contribution is -0.131. The first-order valence-corrected chi connectivity index (χ1v) is 7.67. The van der Waals surface area contributed by atoms with Gasteiger partial charge in [0.25, 0.3) is 5.91 Å². The zero-order valence-corrected chi connectivity index (χ0v) is 12.0. The molecule has 0 spiro atoms. The van der Waals surface area contributed by atoms with E-state index in [4.69, 9.17) is 11.6 Å². The molecule has 1 atom stereocenters. The van der Waals surface area contributed by atoms with Gasteiger partial charge in [-0.15, -0.1) is 0 Å². The van der Waals surface area contributed by atoms with Gasteiger partial charge in [0.15, 0.2) is 0 Å². The first-order chi connectivity index (χ1) is 9.74. The molecule has 1 N–H and O–H groups in total. The number of carbonyl (C=O) groups excluding carboxylic acids is 1. The standard InChI is InChI=1S/C16H17ClN2O/c17-11-4-3-10-5-7-19-15(13(10)8-11)9-14-12(16(19)20)2-1-6-18-14/h3-4,8,15,18H,1-2,5-7,9H2. The van der Waals surface area contributed by atoms with Gasteiger partial charge in [-0.1, -0.05) is 17.7 Å². The van der Waals surface area contributed by atoms with Crippen molar-refractivity contribution in [3.63, 3.8) is 0 Å². The highest BCUT2D eigenvalue weighted by atomic mass is 35.5. The number of hydrogen-bond donors (Lipinski definition) is 1. The monoisotopic (exact) mass is 288 g/mol. The Morgan fingerprint density at radius 1 is 1.30 bits per heavy atom. The quantitative estimate of drug-likeness (QED) is 0.796. The molecule has 1 unspecified atom stereocenters. The van der Waals surface area contributed by atoms with Gasteiger partial charge in [0.2, 0.25) is 0 Å². The molecule has 4 rings (SSSR count). The molecule has 0 aromatic heterocycles. The predicted octanol–water partition coefficient (Wildman–Crippen LogP) is 2.81. The number of fused-ring (bicyclic) bond motifs is 3. The third-order valence-corrected chi connectivity index (χ3v) is 4.92. The molecule has 20 heavy (non-hydrogen) atoms. The summed E-state index contributed by atoms with van der Waals surface area (Å²) >= 11 is 6.15. The van der Waals surface area contributed by atoms with Crippen LogP contribution in [0.3, 0.4) is 0 Å². The van der Waals surface area contributed by atoms with Gasteiger partial charge in [0, 0.05) is 35.8 Å². The van der Waals surface area contributed by atoms with Crippen LogP contribution < -0.4 is 5.32 Å². The van der Waals surface area contributed by atoms with Gasteiger partial charge < -0.3 is 10.2 Å². The lowest BCUT2D eigenvalue weighted by atomic mass is 9.84. The second kappa shape index (κ2) is 4.52. The normalized spacial score (nSPS) is 24.8. The molecular formula is C16H17ClN2O. The molecule has 0 saturated carbocycles. The fourth-order valence-electron chi connectivity index (χ4n) is 3.69. The van der Waals surface area contributed by atoms with Gasteiger partial charge in [-0.2, -0.15) is 0 Å². The summed E-state index contributed by atoms with van der Waals surface area (Å²) < 4.78 is 0. The molecule has 1 amide bonds. The van der Waals surface area contributed by atoms with Crippen molar-refractivity contribution in [3.8, 4) is 0 Å². The highest BCUT2D eigenvalue weighted by molar-refractivity contribution is 6.30. The zero-order chi connectivity index (χ0) is 13.7. The van der Waals surface area contributed by atoms with E-state index in [-0.39, 0.29) is 11.9 Å². The lowest BCUT2D eigenvalue weighted by Gasteiger charge is -2.43. The number of amides is 1. The van der Waals surface area contributed by atoms with Crippen LogP contribution >= 0.6 is 11.6 Å². The number of hydrogen-bond acceptors (Lipinski definition) is 2. The average Bonchev–Trinajstić information content (AvgIpc) is 2.47. The van der Waals surface area contributed by atoms with Gasteiger partial charge in [-0.25, -0.2) is 0 Å². The summed E-state index contributed by atoms with van der Waals surface area (Å²) in [5, 5.41) is 4.19. The van der Waals surface area contributed by atoms with Crippen molar-refractivity contribution >= 4 is 17.5 Å². The second-order valence-electron chi connectivity index (χ2n) is 5.80. The third kappa shape index (κ3) is 1.76. The van der Waals surface area contributed by atoms with E-state index in [0.717, 1.165) is 55.1 Å². The lowest BCUT2D eigenvalue weighted by Crippen LogP contribution is -2.46. The molecule has 4 heteroatoms. The van der Waals surface area contributed by atoms with E-state index in [1.165, 1.54) is 11.1 Å². The smallest absolute Gasteiger partial charge is 0.252 e. The van der Waals surface area contributed by atoms with E-state index in [0.29, 0.717) is 0 Å². The van der Waals surface area contributed by atoms with Crippen LogP contribution in [0.2, 0.25) is 5.02 Å². The molecular weight excluding hydrogens is 272 g/mol. The molecule has 0 bridgehead atoms. The first-order valence-electron chi connectivity index (χ1n) is 7.29. The van der Waals surface area contributed by atoms with Crippen LogP contribution in [0.5, 0.6) is 0 Å². The molecule has 1 aromatic carbocycles. The van der Waals surface area contributed by atoms with Crippen molar-refractivity contribution in [2.24, 2.45) is 0 Å². The topological polar surface area (TPSA) is 32.3 Å². The largest absolute Gasteiger partial charge is 0.388 e. The van der Waals surface area contributed by atoms with Crippen LogP contribution in [0.25, 0.3) is 0 Å². The van der Waals surface area contributed by atoms with Crippen LogP contribution in [0, 0.1) is 0 Å². The molecule has 0 radical (unpaired) electrons. The van der Waals surface area contributed by atoms with Gasteiger partial charge >= 0.3 is 0 Å². The number of halogens is 1. The van der Waals surface area contributed by atoms with Gasteiger partial charge in [-0.3, -0.25) is 4.79 Å². The van der Waals surface area contributed by atoms with Crippen LogP contribution in [0.4, 0.5) is 0 Å². The maximum atomic E-state index is 12.7. The minimum absolute atomic E-state index is 0.161. The molecule has 0 fully saturated rings. The third-order valence-electron chi connectivity index (χ3n) is 4.69. The van der Waals surface area contributed by atoms with E-state index < -0.39 is 0 Å². The van der Waals surface area contributed by atoms with Crippen LogP contribution in [0.1, 0.15) is 36.4 Å². The molecule has 1 aromatic rings. The highest BCUT2D eigenvalue weighted by Gasteiger charge is 2.38. The van der Waals surface area contributed by atoms with Crippen molar-refractivity contribution in [1.82, 2.24) is 10.2 Å². The van der Waals surface area contributed by atoms with E-state index in [1.807, 2.05) is 17.0 Å². The predicted molar refractivity (Wildman–Crippen MR) is 78.5 cm³/mol. The first kappa shape index (κ1) is 12.3. The van der Waals surface area contributed by atoms with Crippen LogP contribution in [-0.4, -0.2) is 23.9 Å². The van der Waals surface area contributed by atoms with Crippen molar-refractivity contribution in [2.75, 3.05) is 13.1 Å². The van der Waals surface area contributed by atoms with E-state index in [9.17, 15) is 4.79 Å². The summed E-state index contributed by atoms with van der Waals surface area (Å²) in [6, 6.07) is 6.26. The number of benzene rings is 1. The number of nitrogens with zero attached hydrogens (tertiary/aromatic N) is 1. The zero-order valence-electron chi connectivity index (χ0n) is 11.3. The molecule has 3 nitrogen and oxygen atoms in total. The summed E-state index contributed by atoms with van der Waals surface area (Å²) in [7, 11) is 0. The molecule has 104 valence electrons. The highest BCUT2D eigenvalue weighted by Crippen LogP contribution is 2.41. The maximum absolute atomic E-state index is 12.7. The van der Waals surface area contributed by atoms with Gasteiger partial charge in [0.1, 0.15) is 0 Å². The minimum atomic E-state index is 0.161. The Kier molecular flexibility index (Phi) is 2.77. The van der Waals surface area contributed by atoms with Crippen LogP contribution in [0.15, 0.2) is 29.5 Å². The summed E-state index contributed by atoms with van der Waals surface area (Å²) in [5.41, 5.74) is 4.74. The van der Waals surface area contributed by atoms with E-state index in [2.05, 4.69) is 11.4 Å². The van der Waals surface area contributed by atoms with E-state index in [1.54, 1.807) is 0 Å². The van der Waals surface area contributed by atoms with E-state index >= 15 is 0 Å². The van der Waals surface area contributed by atoms with Crippen molar-refractivity contribution in [2.45, 2.75) is 31.7 Å². The van der Waals surface area contributed by atoms with Gasteiger partial charge in [-0.05, 0) is 42.5 Å². The minimum Gasteiger partial charge on any atom is -0.388 e. The fraction of sp³-hybridized carbons (Fsp3) is 0.438. The number of rotatable bonds is 0. The molecule has 0 aliphatic carbocycles. The Balaban J connectivity index is 1.79. The fourth-order valence-corrected chi connectivity index (χ4v) is 3.87. The van der Waals surface area contributed by atoms with Gasteiger partial charge in [0.05, 0.1) is 6.04 Å². The van der Waals surface area contributed by atoms with Crippen molar-refractivity contribution in [1.29, 1.82) is 0 Å². The average molecular weight is 289 g/mol. The van der Waals surface area contributed by atoms with Crippen molar-refractivity contribution in [3.05, 3.63) is 45.6 Å². The Hall–Kier alpha value is -1.48. The maximum Gasteiger partial charge on any atom is 0.252 e. The second-order valence-corrected chi connectivity index (χ2v) is 6.24.